The molecule has 10 nitrogen and oxygen atoms in total. The zero-order valence-electron chi connectivity index (χ0n) is 13.2. The smallest absolute Gasteiger partial charge is 0.323 e. The number of carboxylic acids is 2. The van der Waals surface area contributed by atoms with Gasteiger partial charge in [-0.25, -0.2) is 0 Å². The van der Waals surface area contributed by atoms with E-state index in [0.29, 0.717) is 0 Å². The van der Waals surface area contributed by atoms with E-state index in [0.717, 1.165) is 4.90 Å². The van der Waals surface area contributed by atoms with Crippen LogP contribution in [0.25, 0.3) is 0 Å². The van der Waals surface area contributed by atoms with Crippen molar-refractivity contribution in [1.29, 1.82) is 0 Å². The molecule has 1 heterocycles. The van der Waals surface area contributed by atoms with Crippen LogP contribution in [-0.2, 0) is 24.0 Å². The van der Waals surface area contributed by atoms with Crippen LogP contribution in [0.3, 0.4) is 0 Å². The maximum atomic E-state index is 12.5. The molecule has 5 N–H and O–H groups in total. The Morgan fingerprint density at radius 1 is 1.29 bits per heavy atom. The fraction of sp³-hybridized carbons (Fsp3) is 0.643. The molecule has 0 aromatic carbocycles. The third-order valence-electron chi connectivity index (χ3n) is 3.69. The van der Waals surface area contributed by atoms with E-state index in [4.69, 9.17) is 15.9 Å². The molecule has 1 aliphatic rings. The normalized spacial score (nSPS) is 19.7. The van der Waals surface area contributed by atoms with E-state index >= 15 is 0 Å². The Bertz CT molecular complexity index is 546. The van der Waals surface area contributed by atoms with E-state index in [1.54, 1.807) is 0 Å². The molecule has 3 atom stereocenters. The van der Waals surface area contributed by atoms with Crippen molar-refractivity contribution in [1.82, 2.24) is 10.2 Å². The molecule has 134 valence electrons. The Hall–Kier alpha value is -2.49. The standard InChI is InChI=1S/C14H21N3O7/c1-7(15)13(23)16-9(2-3-10(18)19)12(22)8-4-5-17(14(8)24)6-11(20)21/h7-9H,2-6,15H2,1H3,(H,16,23)(H,18,19)(H,20,21)/t7-,8+,9-/m0/s1. The SMILES string of the molecule is C[C@H](N)C(=O)N[C@@H](CCC(=O)O)C(=O)[C@H]1CCN(CC(=O)O)C1=O. The van der Waals surface area contributed by atoms with Gasteiger partial charge < -0.3 is 26.2 Å². The molecule has 24 heavy (non-hydrogen) atoms. The summed E-state index contributed by atoms with van der Waals surface area (Å²) in [5, 5.41) is 19.9. The van der Waals surface area contributed by atoms with E-state index in [2.05, 4.69) is 5.32 Å². The largest absolute Gasteiger partial charge is 0.481 e. The molecule has 1 fully saturated rings. The lowest BCUT2D eigenvalue weighted by atomic mass is 9.93. The molecule has 0 aromatic rings. The lowest BCUT2D eigenvalue weighted by molar-refractivity contribution is -0.145. The third kappa shape index (κ3) is 5.30. The van der Waals surface area contributed by atoms with Crippen molar-refractivity contribution < 1.29 is 34.2 Å². The summed E-state index contributed by atoms with van der Waals surface area (Å²) in [7, 11) is 0. The molecule has 1 rings (SSSR count). The summed E-state index contributed by atoms with van der Waals surface area (Å²) in [4.78, 5) is 58.8. The van der Waals surface area contributed by atoms with Crippen LogP contribution in [-0.4, -0.2) is 69.8 Å². The lowest BCUT2D eigenvalue weighted by Gasteiger charge is -2.21. The van der Waals surface area contributed by atoms with E-state index in [-0.39, 0.29) is 25.8 Å². The minimum Gasteiger partial charge on any atom is -0.481 e. The number of nitrogens with zero attached hydrogens (tertiary/aromatic N) is 1. The van der Waals surface area contributed by atoms with Crippen LogP contribution in [0.1, 0.15) is 26.2 Å². The van der Waals surface area contributed by atoms with Gasteiger partial charge in [0.25, 0.3) is 0 Å². The highest BCUT2D eigenvalue weighted by Crippen LogP contribution is 2.21. The number of hydrogen-bond acceptors (Lipinski definition) is 6. The van der Waals surface area contributed by atoms with Gasteiger partial charge in [0, 0.05) is 13.0 Å². The summed E-state index contributed by atoms with van der Waals surface area (Å²) in [5.74, 6) is -5.30. The topological polar surface area (TPSA) is 167 Å². The van der Waals surface area contributed by atoms with Gasteiger partial charge in [0.15, 0.2) is 5.78 Å². The summed E-state index contributed by atoms with van der Waals surface area (Å²) in [6, 6.07) is -2.05. The van der Waals surface area contributed by atoms with Crippen molar-refractivity contribution in [3.8, 4) is 0 Å². The molecule has 0 saturated carbocycles. The van der Waals surface area contributed by atoms with Crippen LogP contribution < -0.4 is 11.1 Å². The fourth-order valence-electron chi connectivity index (χ4n) is 2.42. The number of aliphatic carboxylic acids is 2. The first-order valence-corrected chi connectivity index (χ1v) is 7.45. The van der Waals surface area contributed by atoms with E-state index in [1.807, 2.05) is 0 Å². The van der Waals surface area contributed by atoms with Gasteiger partial charge >= 0.3 is 11.9 Å². The Balaban J connectivity index is 2.83. The van der Waals surface area contributed by atoms with Crippen LogP contribution in [0.5, 0.6) is 0 Å². The highest BCUT2D eigenvalue weighted by molar-refractivity contribution is 6.06. The molecule has 0 aliphatic carbocycles. The number of nitrogens with one attached hydrogen (secondary N) is 1. The van der Waals surface area contributed by atoms with Crippen molar-refractivity contribution >= 4 is 29.5 Å². The molecule has 1 saturated heterocycles. The molecule has 0 bridgehead atoms. The lowest BCUT2D eigenvalue weighted by Crippen LogP contribution is -2.50. The van der Waals surface area contributed by atoms with Gasteiger partial charge in [0.1, 0.15) is 12.5 Å². The predicted octanol–water partition coefficient (Wildman–Crippen LogP) is -1.81. The first-order chi connectivity index (χ1) is 11.1. The third-order valence-corrected chi connectivity index (χ3v) is 3.69. The Labute approximate surface area is 138 Å². The van der Waals surface area contributed by atoms with Crippen molar-refractivity contribution in [2.24, 2.45) is 11.7 Å². The average Bonchev–Trinajstić information content (AvgIpc) is 2.82. The van der Waals surface area contributed by atoms with Crippen LogP contribution in [0.15, 0.2) is 0 Å². The summed E-state index contributed by atoms with van der Waals surface area (Å²) in [5.41, 5.74) is 5.42. The number of carboxylic acid groups (broad SMARTS) is 2. The van der Waals surface area contributed by atoms with Gasteiger partial charge in [-0.1, -0.05) is 0 Å². The summed E-state index contributed by atoms with van der Waals surface area (Å²) < 4.78 is 0. The summed E-state index contributed by atoms with van der Waals surface area (Å²) in [6.07, 6.45) is -0.409. The maximum absolute atomic E-state index is 12.5. The number of likely N-dealkylation sites (tertiary alicyclic amines) is 1. The second-order valence-corrected chi connectivity index (χ2v) is 5.68. The summed E-state index contributed by atoms with van der Waals surface area (Å²) >= 11 is 0. The number of hydrogen-bond donors (Lipinski definition) is 4. The van der Waals surface area contributed by atoms with Crippen molar-refractivity contribution in [3.63, 3.8) is 0 Å². The van der Waals surface area contributed by atoms with Gasteiger partial charge in [-0.15, -0.1) is 0 Å². The number of carbonyl (C=O) groups excluding carboxylic acids is 3. The van der Waals surface area contributed by atoms with Gasteiger partial charge in [0.05, 0.1) is 12.1 Å². The Kier molecular flexibility index (Phi) is 6.83. The molecule has 0 aromatic heterocycles. The van der Waals surface area contributed by atoms with Gasteiger partial charge in [-0.2, -0.15) is 0 Å². The minimum atomic E-state index is -1.19. The van der Waals surface area contributed by atoms with Crippen molar-refractivity contribution in [3.05, 3.63) is 0 Å². The Morgan fingerprint density at radius 3 is 2.42 bits per heavy atom. The number of rotatable bonds is 9. The number of carbonyl (C=O) groups is 5. The molecule has 2 amide bonds. The Morgan fingerprint density at radius 2 is 1.92 bits per heavy atom. The predicted molar refractivity (Wildman–Crippen MR) is 79.8 cm³/mol. The fourth-order valence-corrected chi connectivity index (χ4v) is 2.42. The maximum Gasteiger partial charge on any atom is 0.323 e. The molecule has 0 spiro atoms. The van der Waals surface area contributed by atoms with Crippen molar-refractivity contribution in [2.75, 3.05) is 13.1 Å². The second kappa shape index (κ2) is 8.39. The molecule has 0 radical (unpaired) electrons. The van der Waals surface area contributed by atoms with Crippen LogP contribution in [0.4, 0.5) is 0 Å². The monoisotopic (exact) mass is 343 g/mol. The van der Waals surface area contributed by atoms with Crippen LogP contribution in [0, 0.1) is 5.92 Å². The molecule has 10 heteroatoms. The van der Waals surface area contributed by atoms with Gasteiger partial charge in [0.2, 0.25) is 11.8 Å². The molecular formula is C14H21N3O7. The van der Waals surface area contributed by atoms with E-state index < -0.39 is 54.1 Å². The second-order valence-electron chi connectivity index (χ2n) is 5.68. The number of ketones is 1. The summed E-state index contributed by atoms with van der Waals surface area (Å²) in [6.45, 7) is 1.02. The molecule has 0 unspecified atom stereocenters. The quantitative estimate of drug-likeness (QED) is 0.355. The van der Waals surface area contributed by atoms with Crippen molar-refractivity contribution in [2.45, 2.75) is 38.3 Å². The van der Waals surface area contributed by atoms with E-state index in [9.17, 15) is 24.0 Å². The van der Waals surface area contributed by atoms with Gasteiger partial charge in [-0.3, -0.25) is 24.0 Å². The number of amides is 2. The molecular weight excluding hydrogens is 322 g/mol. The highest BCUT2D eigenvalue weighted by Gasteiger charge is 2.40. The minimum absolute atomic E-state index is 0.119. The zero-order valence-corrected chi connectivity index (χ0v) is 13.2. The average molecular weight is 343 g/mol. The first-order valence-electron chi connectivity index (χ1n) is 7.45. The number of nitrogens with two attached hydrogens (primary N) is 1. The first kappa shape index (κ1) is 19.6. The van der Waals surface area contributed by atoms with Gasteiger partial charge in [-0.05, 0) is 19.8 Å². The van der Waals surface area contributed by atoms with Crippen LogP contribution >= 0.6 is 0 Å². The zero-order chi connectivity index (χ0) is 18.4. The van der Waals surface area contributed by atoms with Crippen LogP contribution in [0.2, 0.25) is 0 Å². The molecule has 1 aliphatic heterocycles. The number of Topliss-reactive ketones (excluding diaryl/α,β-unsaturated/α-hetero) is 1. The highest BCUT2D eigenvalue weighted by atomic mass is 16.4. The van der Waals surface area contributed by atoms with E-state index in [1.165, 1.54) is 6.92 Å².